The molecule has 3 atom stereocenters. The predicted molar refractivity (Wildman–Crippen MR) is 135 cm³/mol. The second-order valence-corrected chi connectivity index (χ2v) is 8.95. The highest BCUT2D eigenvalue weighted by molar-refractivity contribution is 5.77. The van der Waals surface area contributed by atoms with Crippen molar-refractivity contribution < 1.29 is 9.53 Å². The van der Waals surface area contributed by atoms with E-state index in [-0.39, 0.29) is 23.9 Å². The number of esters is 1. The quantitative estimate of drug-likeness (QED) is 0.293. The first kappa shape index (κ1) is 22.1. The van der Waals surface area contributed by atoms with Crippen LogP contribution in [0.15, 0.2) is 121 Å². The molecule has 1 saturated heterocycles. The van der Waals surface area contributed by atoms with Gasteiger partial charge in [0, 0.05) is 25.6 Å². The Morgan fingerprint density at radius 2 is 1.03 bits per heavy atom. The van der Waals surface area contributed by atoms with Crippen molar-refractivity contribution >= 4 is 5.97 Å². The predicted octanol–water partition coefficient (Wildman–Crippen LogP) is 6.39. The molecule has 0 bridgehead atoms. The summed E-state index contributed by atoms with van der Waals surface area (Å²) in [7, 11) is 0. The first-order chi connectivity index (χ1) is 16.8. The molecular formula is C31H29NO2. The Morgan fingerprint density at radius 3 is 1.53 bits per heavy atom. The van der Waals surface area contributed by atoms with Gasteiger partial charge in [0.1, 0.15) is 6.10 Å². The van der Waals surface area contributed by atoms with Crippen molar-refractivity contribution in [2.75, 3.05) is 6.54 Å². The Balaban J connectivity index is 1.47. The summed E-state index contributed by atoms with van der Waals surface area (Å²) in [4.78, 5) is 15.7. The molecule has 0 saturated carbocycles. The number of hydrogen-bond acceptors (Lipinski definition) is 3. The lowest BCUT2D eigenvalue weighted by Crippen LogP contribution is -2.33. The van der Waals surface area contributed by atoms with Crippen molar-refractivity contribution in [1.29, 1.82) is 0 Å². The molecule has 0 unspecified atom stereocenters. The summed E-state index contributed by atoms with van der Waals surface area (Å²) in [5.74, 6) is -0.404. The molecule has 0 aromatic heterocycles. The van der Waals surface area contributed by atoms with E-state index >= 15 is 0 Å². The van der Waals surface area contributed by atoms with Crippen molar-refractivity contribution in [3.05, 3.63) is 144 Å². The van der Waals surface area contributed by atoms with Crippen LogP contribution in [0.3, 0.4) is 0 Å². The second kappa shape index (κ2) is 10.5. The third-order valence-electron chi connectivity index (χ3n) is 6.57. The van der Waals surface area contributed by atoms with E-state index in [2.05, 4.69) is 77.7 Å². The van der Waals surface area contributed by atoms with Gasteiger partial charge in [-0.05, 0) is 22.3 Å². The van der Waals surface area contributed by atoms with E-state index in [0.29, 0.717) is 6.54 Å². The fraction of sp³-hybridized carbons (Fsp3) is 0.194. The Labute approximate surface area is 201 Å². The Hall–Kier alpha value is -3.69. The van der Waals surface area contributed by atoms with E-state index < -0.39 is 0 Å². The number of nitrogens with zero attached hydrogens (tertiary/aromatic N) is 1. The number of carbonyl (C=O) groups excluding carboxylic acids is 1. The zero-order valence-corrected chi connectivity index (χ0v) is 19.2. The summed E-state index contributed by atoms with van der Waals surface area (Å²) in [6, 6.07) is 41.4. The average Bonchev–Trinajstić information content (AvgIpc) is 3.22. The van der Waals surface area contributed by atoms with Crippen LogP contribution in [0.2, 0.25) is 0 Å². The van der Waals surface area contributed by atoms with Crippen molar-refractivity contribution in [1.82, 2.24) is 4.90 Å². The van der Waals surface area contributed by atoms with Crippen LogP contribution in [-0.2, 0) is 22.6 Å². The molecule has 3 heteroatoms. The van der Waals surface area contributed by atoms with Gasteiger partial charge in [0.05, 0.1) is 5.92 Å². The monoisotopic (exact) mass is 447 g/mol. The zero-order chi connectivity index (χ0) is 23.2. The van der Waals surface area contributed by atoms with Gasteiger partial charge < -0.3 is 4.74 Å². The summed E-state index contributed by atoms with van der Waals surface area (Å²) in [6.07, 6.45) is -0.281. The largest absolute Gasteiger partial charge is 0.457 e. The first-order valence-electron chi connectivity index (χ1n) is 11.9. The lowest BCUT2D eigenvalue weighted by Gasteiger charge is -2.28. The van der Waals surface area contributed by atoms with Gasteiger partial charge in [-0.15, -0.1) is 0 Å². The fourth-order valence-electron chi connectivity index (χ4n) is 4.98. The van der Waals surface area contributed by atoms with Crippen LogP contribution in [0, 0.1) is 5.92 Å². The van der Waals surface area contributed by atoms with E-state index in [9.17, 15) is 4.79 Å². The van der Waals surface area contributed by atoms with Gasteiger partial charge in [0.25, 0.3) is 0 Å². The molecule has 4 aromatic carbocycles. The number of benzene rings is 4. The van der Waals surface area contributed by atoms with Gasteiger partial charge in [0.15, 0.2) is 0 Å². The van der Waals surface area contributed by atoms with Crippen molar-refractivity contribution in [3.63, 3.8) is 0 Å². The van der Waals surface area contributed by atoms with E-state index in [1.165, 1.54) is 11.1 Å². The maximum atomic E-state index is 13.3. The topological polar surface area (TPSA) is 29.5 Å². The molecule has 1 aliphatic heterocycles. The third kappa shape index (κ3) is 5.11. The molecule has 0 N–H and O–H groups in total. The van der Waals surface area contributed by atoms with Gasteiger partial charge >= 0.3 is 5.97 Å². The highest BCUT2D eigenvalue weighted by Crippen LogP contribution is 2.46. The van der Waals surface area contributed by atoms with Crippen LogP contribution >= 0.6 is 0 Å². The van der Waals surface area contributed by atoms with Crippen LogP contribution in [0.4, 0.5) is 0 Å². The molecule has 170 valence electrons. The molecule has 0 spiro atoms. The molecule has 5 rings (SSSR count). The highest BCUT2D eigenvalue weighted by atomic mass is 16.6. The number of rotatable bonds is 8. The molecular weight excluding hydrogens is 418 g/mol. The molecule has 34 heavy (non-hydrogen) atoms. The molecule has 1 heterocycles. The Bertz CT molecular complexity index is 1140. The van der Waals surface area contributed by atoms with Gasteiger partial charge in [-0.25, -0.2) is 0 Å². The molecule has 4 aromatic rings. The van der Waals surface area contributed by atoms with Crippen molar-refractivity contribution in [3.8, 4) is 0 Å². The summed E-state index contributed by atoms with van der Waals surface area (Å²) in [5.41, 5.74) is 4.66. The van der Waals surface area contributed by atoms with Gasteiger partial charge in [-0.1, -0.05) is 121 Å². The Morgan fingerprint density at radius 1 is 0.588 bits per heavy atom. The van der Waals surface area contributed by atoms with Gasteiger partial charge in [0.2, 0.25) is 0 Å². The van der Waals surface area contributed by atoms with Crippen molar-refractivity contribution in [2.24, 2.45) is 5.92 Å². The van der Waals surface area contributed by atoms with Crippen LogP contribution in [-0.4, -0.2) is 17.4 Å². The zero-order valence-electron chi connectivity index (χ0n) is 19.2. The summed E-state index contributed by atoms with van der Waals surface area (Å²) in [6.45, 7) is 2.18. The van der Waals surface area contributed by atoms with Crippen LogP contribution in [0.25, 0.3) is 0 Å². The van der Waals surface area contributed by atoms with E-state index in [1.807, 2.05) is 48.5 Å². The summed E-state index contributed by atoms with van der Waals surface area (Å²) in [5, 5.41) is 0. The number of carbonyl (C=O) groups is 1. The summed E-state index contributed by atoms with van der Waals surface area (Å²) < 4.78 is 6.06. The number of ether oxygens (including phenoxy) is 1. The molecule has 0 amide bonds. The summed E-state index contributed by atoms with van der Waals surface area (Å²) >= 11 is 0. The minimum Gasteiger partial charge on any atom is -0.457 e. The normalized spacial score (nSPS) is 19.8. The SMILES string of the molecule is O=C1O[C@@H](c2ccccc2)[C@H](c2ccccc2)[C@H]1CN(Cc1ccccc1)Cc1ccccc1. The van der Waals surface area contributed by atoms with Gasteiger partial charge in [-0.3, -0.25) is 9.69 Å². The average molecular weight is 448 g/mol. The van der Waals surface area contributed by atoms with E-state index in [1.54, 1.807) is 0 Å². The van der Waals surface area contributed by atoms with E-state index in [0.717, 1.165) is 24.2 Å². The standard InChI is InChI=1S/C31H29NO2/c33-31-28(23-32(21-24-13-5-1-6-14-24)22-25-15-7-2-8-16-25)29(26-17-9-3-10-18-26)30(34-31)27-19-11-4-12-20-27/h1-20,28-30H,21-23H2/t28-,29-,30+/m1/s1. The minimum atomic E-state index is -0.281. The maximum absolute atomic E-state index is 13.3. The Kier molecular flexibility index (Phi) is 6.83. The highest BCUT2D eigenvalue weighted by Gasteiger charge is 2.46. The lowest BCUT2D eigenvalue weighted by atomic mass is 9.81. The van der Waals surface area contributed by atoms with Crippen LogP contribution < -0.4 is 0 Å². The maximum Gasteiger partial charge on any atom is 0.311 e. The molecule has 1 fully saturated rings. The minimum absolute atomic E-state index is 0.0369. The number of hydrogen-bond donors (Lipinski definition) is 0. The molecule has 0 aliphatic carbocycles. The van der Waals surface area contributed by atoms with Crippen LogP contribution in [0.5, 0.6) is 0 Å². The van der Waals surface area contributed by atoms with Crippen LogP contribution in [0.1, 0.15) is 34.3 Å². The molecule has 1 aliphatic rings. The fourth-order valence-corrected chi connectivity index (χ4v) is 4.98. The number of cyclic esters (lactones) is 1. The molecule has 0 radical (unpaired) electrons. The lowest BCUT2D eigenvalue weighted by molar-refractivity contribution is -0.145. The molecule has 3 nitrogen and oxygen atoms in total. The van der Waals surface area contributed by atoms with Gasteiger partial charge in [-0.2, -0.15) is 0 Å². The van der Waals surface area contributed by atoms with E-state index in [4.69, 9.17) is 4.74 Å². The second-order valence-electron chi connectivity index (χ2n) is 8.95. The van der Waals surface area contributed by atoms with Crippen molar-refractivity contribution in [2.45, 2.75) is 25.1 Å². The first-order valence-corrected chi connectivity index (χ1v) is 11.9. The smallest absolute Gasteiger partial charge is 0.311 e. The third-order valence-corrected chi connectivity index (χ3v) is 6.57.